The van der Waals surface area contributed by atoms with Gasteiger partial charge in [0.25, 0.3) is 5.91 Å². The van der Waals surface area contributed by atoms with E-state index in [2.05, 4.69) is 34.6 Å². The van der Waals surface area contributed by atoms with Gasteiger partial charge in [0, 0.05) is 19.2 Å². The van der Waals surface area contributed by atoms with Gasteiger partial charge < -0.3 is 15.2 Å². The van der Waals surface area contributed by atoms with Crippen molar-refractivity contribution in [1.29, 1.82) is 0 Å². The first kappa shape index (κ1) is 25.4. The molecular formula is C26H36N2O4. The molecule has 2 aromatic rings. The van der Waals surface area contributed by atoms with Crippen LogP contribution in [0.1, 0.15) is 68.1 Å². The number of pyridine rings is 1. The lowest BCUT2D eigenvalue weighted by Crippen LogP contribution is -2.31. The van der Waals surface area contributed by atoms with Gasteiger partial charge in [-0.2, -0.15) is 0 Å². The van der Waals surface area contributed by atoms with Crippen LogP contribution in [0, 0.1) is 24.7 Å². The number of fused-ring (bicyclic) bond motifs is 2. The topological polar surface area (TPSA) is 88.5 Å². The van der Waals surface area contributed by atoms with Gasteiger partial charge in [-0.25, -0.2) is 4.98 Å². The van der Waals surface area contributed by atoms with Crippen LogP contribution in [0.15, 0.2) is 42.6 Å². The number of aromatic hydroxyl groups is 1. The van der Waals surface area contributed by atoms with Crippen molar-refractivity contribution in [3.8, 4) is 5.75 Å². The fourth-order valence-electron chi connectivity index (χ4n) is 4.93. The molecule has 32 heavy (non-hydrogen) atoms. The molecule has 2 fully saturated rings. The Morgan fingerprint density at radius 3 is 2.41 bits per heavy atom. The van der Waals surface area contributed by atoms with E-state index in [1.165, 1.54) is 38.1 Å². The Labute approximate surface area is 191 Å². The SMILES string of the molecule is C.CC(C)OC(=O)[C@@H]1C2CCC(C2)[C@H]1c1ccccc1.CNC(=O)c1nccc(C)c1O. The third-order valence-electron chi connectivity index (χ3n) is 6.29. The Balaban J connectivity index is 0.000000244. The zero-order chi connectivity index (χ0) is 22.5. The van der Waals surface area contributed by atoms with E-state index in [9.17, 15) is 14.7 Å². The van der Waals surface area contributed by atoms with Crippen LogP contribution in [0.3, 0.4) is 0 Å². The zero-order valence-corrected chi connectivity index (χ0v) is 18.7. The van der Waals surface area contributed by atoms with Crippen LogP contribution in [0.2, 0.25) is 0 Å². The van der Waals surface area contributed by atoms with Gasteiger partial charge in [-0.3, -0.25) is 9.59 Å². The van der Waals surface area contributed by atoms with E-state index in [-0.39, 0.29) is 42.8 Å². The number of ether oxygens (including phenoxy) is 1. The fraction of sp³-hybridized carbons (Fsp3) is 0.500. The molecule has 1 heterocycles. The summed E-state index contributed by atoms with van der Waals surface area (Å²) in [5, 5.41) is 11.8. The lowest BCUT2D eigenvalue weighted by molar-refractivity contribution is -0.155. The van der Waals surface area contributed by atoms with Crippen LogP contribution >= 0.6 is 0 Å². The molecule has 4 rings (SSSR count). The number of aryl methyl sites for hydroxylation is 1. The molecule has 4 atom stereocenters. The summed E-state index contributed by atoms with van der Waals surface area (Å²) in [5.74, 6) is 1.28. The number of benzene rings is 1. The summed E-state index contributed by atoms with van der Waals surface area (Å²) in [6.45, 7) is 5.58. The van der Waals surface area contributed by atoms with Crippen molar-refractivity contribution in [2.24, 2.45) is 17.8 Å². The molecular weight excluding hydrogens is 404 g/mol. The van der Waals surface area contributed by atoms with Crippen LogP contribution in [0.4, 0.5) is 0 Å². The molecule has 0 saturated heterocycles. The summed E-state index contributed by atoms with van der Waals surface area (Å²) in [4.78, 5) is 27.2. The number of nitrogens with one attached hydrogen (secondary N) is 1. The molecule has 6 heteroatoms. The Bertz CT molecular complexity index is 913. The molecule has 0 aliphatic heterocycles. The van der Waals surface area contributed by atoms with E-state index in [4.69, 9.17) is 4.74 Å². The molecule has 1 aromatic carbocycles. The van der Waals surface area contributed by atoms with Crippen LogP contribution in [-0.4, -0.2) is 35.1 Å². The molecule has 0 radical (unpaired) electrons. The summed E-state index contributed by atoms with van der Waals surface area (Å²) >= 11 is 0. The first-order valence-corrected chi connectivity index (χ1v) is 11.0. The van der Waals surface area contributed by atoms with E-state index in [0.717, 1.165) is 0 Å². The number of rotatable bonds is 4. The molecule has 2 aliphatic rings. The van der Waals surface area contributed by atoms with Crippen LogP contribution < -0.4 is 5.32 Å². The second-order valence-corrected chi connectivity index (χ2v) is 8.69. The van der Waals surface area contributed by atoms with Gasteiger partial charge in [0.1, 0.15) is 5.75 Å². The van der Waals surface area contributed by atoms with Crippen molar-refractivity contribution in [1.82, 2.24) is 10.3 Å². The van der Waals surface area contributed by atoms with Gasteiger partial charge in [0.05, 0.1) is 12.0 Å². The first-order valence-electron chi connectivity index (χ1n) is 11.0. The maximum atomic E-state index is 12.4. The van der Waals surface area contributed by atoms with Gasteiger partial charge in [-0.1, -0.05) is 37.8 Å². The van der Waals surface area contributed by atoms with Crippen molar-refractivity contribution in [2.45, 2.75) is 59.5 Å². The van der Waals surface area contributed by atoms with Crippen LogP contribution in [0.5, 0.6) is 5.75 Å². The van der Waals surface area contributed by atoms with Gasteiger partial charge in [-0.05, 0) is 69.1 Å². The third kappa shape index (κ3) is 5.47. The van der Waals surface area contributed by atoms with E-state index >= 15 is 0 Å². The highest BCUT2D eigenvalue weighted by Crippen LogP contribution is 2.57. The molecule has 2 unspecified atom stereocenters. The Kier molecular flexibility index (Phi) is 8.81. The van der Waals surface area contributed by atoms with Crippen LogP contribution in [-0.2, 0) is 9.53 Å². The number of carbonyl (C=O) groups excluding carboxylic acids is 2. The largest absolute Gasteiger partial charge is 0.505 e. The van der Waals surface area contributed by atoms with Gasteiger partial charge >= 0.3 is 5.97 Å². The standard InChI is InChI=1S/C17H22O2.C8H10N2O2.CH4/c1-11(2)19-17(18)16-14-9-8-13(10-14)15(16)12-6-4-3-5-7-12;1-5-3-4-10-6(7(5)11)8(12)9-2;/h3-7,11,13-16H,8-10H2,1-2H3;3-4,11H,1-2H3,(H,9,12);1H4/t13?,14?,15-,16-;;/m1../s1. The highest BCUT2D eigenvalue weighted by molar-refractivity contribution is 5.94. The molecule has 2 N–H and O–H groups in total. The predicted octanol–water partition coefficient (Wildman–Crippen LogP) is 4.86. The summed E-state index contributed by atoms with van der Waals surface area (Å²) in [7, 11) is 1.49. The molecule has 2 bridgehead atoms. The van der Waals surface area contributed by atoms with Crippen molar-refractivity contribution in [2.75, 3.05) is 7.05 Å². The van der Waals surface area contributed by atoms with Gasteiger partial charge in [-0.15, -0.1) is 0 Å². The second-order valence-electron chi connectivity index (χ2n) is 8.69. The normalized spacial score (nSPS) is 23.0. The summed E-state index contributed by atoms with van der Waals surface area (Å²) in [6, 6.07) is 12.2. The first-order chi connectivity index (χ1) is 14.8. The van der Waals surface area contributed by atoms with E-state index in [1.54, 1.807) is 13.0 Å². The maximum Gasteiger partial charge on any atom is 0.310 e. The Morgan fingerprint density at radius 2 is 1.78 bits per heavy atom. The van der Waals surface area contributed by atoms with Crippen molar-refractivity contribution in [3.63, 3.8) is 0 Å². The number of amides is 1. The van der Waals surface area contributed by atoms with E-state index < -0.39 is 0 Å². The monoisotopic (exact) mass is 440 g/mol. The fourth-order valence-corrected chi connectivity index (χ4v) is 4.93. The smallest absolute Gasteiger partial charge is 0.310 e. The van der Waals surface area contributed by atoms with Crippen molar-refractivity contribution >= 4 is 11.9 Å². The lowest BCUT2D eigenvalue weighted by Gasteiger charge is -2.30. The molecule has 6 nitrogen and oxygen atoms in total. The number of esters is 1. The maximum absolute atomic E-state index is 12.4. The minimum Gasteiger partial charge on any atom is -0.505 e. The molecule has 0 spiro atoms. The lowest BCUT2D eigenvalue weighted by atomic mass is 9.75. The second kappa shape index (κ2) is 11.1. The minimum absolute atomic E-state index is 0. The van der Waals surface area contributed by atoms with Gasteiger partial charge in [0.15, 0.2) is 5.69 Å². The van der Waals surface area contributed by atoms with E-state index in [0.29, 0.717) is 23.3 Å². The number of aromatic nitrogens is 1. The molecule has 2 aliphatic carbocycles. The highest BCUT2D eigenvalue weighted by Gasteiger charge is 2.52. The highest BCUT2D eigenvalue weighted by atomic mass is 16.5. The quantitative estimate of drug-likeness (QED) is 0.663. The number of hydrogen-bond acceptors (Lipinski definition) is 5. The van der Waals surface area contributed by atoms with Crippen molar-refractivity contribution < 1.29 is 19.4 Å². The summed E-state index contributed by atoms with van der Waals surface area (Å²) in [5.41, 5.74) is 2.03. The summed E-state index contributed by atoms with van der Waals surface area (Å²) in [6.07, 6.45) is 5.15. The minimum atomic E-state index is -0.379. The average Bonchev–Trinajstić information content (AvgIpc) is 3.37. The Hall–Kier alpha value is -2.89. The molecule has 174 valence electrons. The Morgan fingerprint density at radius 1 is 1.12 bits per heavy atom. The number of carbonyl (C=O) groups is 2. The number of hydrogen-bond donors (Lipinski definition) is 2. The average molecular weight is 441 g/mol. The summed E-state index contributed by atoms with van der Waals surface area (Å²) < 4.78 is 5.50. The zero-order valence-electron chi connectivity index (χ0n) is 18.7. The van der Waals surface area contributed by atoms with Gasteiger partial charge in [0.2, 0.25) is 0 Å². The molecule has 1 aromatic heterocycles. The third-order valence-corrected chi connectivity index (χ3v) is 6.29. The molecule has 1 amide bonds. The number of nitrogens with zero attached hydrogens (tertiary/aromatic N) is 1. The van der Waals surface area contributed by atoms with E-state index in [1.807, 2.05) is 19.9 Å². The predicted molar refractivity (Wildman–Crippen MR) is 125 cm³/mol. The van der Waals surface area contributed by atoms with Crippen LogP contribution in [0.25, 0.3) is 0 Å². The molecule has 2 saturated carbocycles. The van der Waals surface area contributed by atoms with Crippen molar-refractivity contribution in [3.05, 3.63) is 59.4 Å².